The maximum absolute atomic E-state index is 12.7. The third kappa shape index (κ3) is 4.59. The van der Waals surface area contributed by atoms with E-state index in [1.54, 1.807) is 4.90 Å². The maximum Gasteiger partial charge on any atom is 0.223 e. The van der Waals surface area contributed by atoms with Gasteiger partial charge >= 0.3 is 0 Å². The van der Waals surface area contributed by atoms with E-state index in [4.69, 9.17) is 5.73 Å². The van der Waals surface area contributed by atoms with Gasteiger partial charge in [0.1, 0.15) is 0 Å². The molecule has 130 valence electrons. The number of carbonyl (C=O) groups excluding carboxylic acids is 1. The molecule has 2 N–H and O–H groups in total. The van der Waals surface area contributed by atoms with Gasteiger partial charge in [-0.2, -0.15) is 0 Å². The largest absolute Gasteiger partial charge is 0.339 e. The van der Waals surface area contributed by atoms with Crippen LogP contribution in [0.1, 0.15) is 51.9 Å². The SMILES string of the molecule is CCN(C(=O)CC1(CN)CCCCC1)C1CCS(=O)(=O)C1.Cl. The Hall–Kier alpha value is -0.330. The van der Waals surface area contributed by atoms with Gasteiger partial charge in [0, 0.05) is 19.0 Å². The molecule has 2 rings (SSSR count). The van der Waals surface area contributed by atoms with Crippen LogP contribution in [0.3, 0.4) is 0 Å². The lowest BCUT2D eigenvalue weighted by Gasteiger charge is -2.38. The quantitative estimate of drug-likeness (QED) is 0.817. The summed E-state index contributed by atoms with van der Waals surface area (Å²) in [7, 11) is -2.96. The first-order valence-corrected chi connectivity index (χ1v) is 9.93. The number of carbonyl (C=O) groups is 1. The van der Waals surface area contributed by atoms with E-state index in [0.29, 0.717) is 25.9 Å². The van der Waals surface area contributed by atoms with Crippen molar-refractivity contribution in [2.45, 2.75) is 57.9 Å². The Kier molecular flexibility index (Phi) is 7.15. The molecule has 1 saturated carbocycles. The number of amides is 1. The molecular weight excluding hydrogens is 324 g/mol. The molecule has 2 fully saturated rings. The topological polar surface area (TPSA) is 80.5 Å². The fourth-order valence-electron chi connectivity index (χ4n) is 3.84. The summed E-state index contributed by atoms with van der Waals surface area (Å²) in [6, 6.07) is -0.133. The Morgan fingerprint density at radius 2 is 1.91 bits per heavy atom. The normalized spacial score (nSPS) is 26.2. The van der Waals surface area contributed by atoms with Crippen LogP contribution in [-0.2, 0) is 14.6 Å². The number of rotatable bonds is 5. The maximum atomic E-state index is 12.7. The van der Waals surface area contributed by atoms with E-state index in [1.165, 1.54) is 6.42 Å². The Morgan fingerprint density at radius 1 is 1.27 bits per heavy atom. The smallest absolute Gasteiger partial charge is 0.223 e. The summed E-state index contributed by atoms with van der Waals surface area (Å²) in [5.41, 5.74) is 5.90. The van der Waals surface area contributed by atoms with Gasteiger partial charge in [-0.3, -0.25) is 4.79 Å². The highest BCUT2D eigenvalue weighted by Gasteiger charge is 2.38. The lowest BCUT2D eigenvalue weighted by atomic mass is 9.71. The molecule has 1 atom stereocenters. The molecule has 22 heavy (non-hydrogen) atoms. The van der Waals surface area contributed by atoms with Crippen molar-refractivity contribution in [3.63, 3.8) is 0 Å². The second-order valence-electron chi connectivity index (χ2n) is 6.68. The summed E-state index contributed by atoms with van der Waals surface area (Å²) in [5, 5.41) is 0. The molecule has 1 amide bonds. The van der Waals surface area contributed by atoms with Gasteiger partial charge in [-0.15, -0.1) is 12.4 Å². The lowest BCUT2D eigenvalue weighted by molar-refractivity contribution is -0.135. The van der Waals surface area contributed by atoms with Crippen molar-refractivity contribution in [1.82, 2.24) is 4.90 Å². The van der Waals surface area contributed by atoms with E-state index in [9.17, 15) is 13.2 Å². The number of nitrogens with two attached hydrogens (primary N) is 1. The summed E-state index contributed by atoms with van der Waals surface area (Å²) < 4.78 is 23.3. The van der Waals surface area contributed by atoms with Crippen LogP contribution in [0.15, 0.2) is 0 Å². The Balaban J connectivity index is 0.00000242. The predicted octanol–water partition coefficient (Wildman–Crippen LogP) is 1.74. The molecule has 5 nitrogen and oxygen atoms in total. The molecule has 0 bridgehead atoms. The van der Waals surface area contributed by atoms with Crippen molar-refractivity contribution >= 4 is 28.2 Å². The van der Waals surface area contributed by atoms with Crippen LogP contribution in [0.5, 0.6) is 0 Å². The monoisotopic (exact) mass is 352 g/mol. The zero-order valence-corrected chi connectivity index (χ0v) is 15.1. The molecule has 1 aliphatic heterocycles. The number of hydrogen-bond acceptors (Lipinski definition) is 4. The number of sulfone groups is 1. The third-order valence-electron chi connectivity index (χ3n) is 5.18. The van der Waals surface area contributed by atoms with E-state index in [0.717, 1.165) is 25.7 Å². The van der Waals surface area contributed by atoms with Crippen LogP contribution in [0.4, 0.5) is 0 Å². The summed E-state index contributed by atoms with van der Waals surface area (Å²) in [5.74, 6) is 0.429. The van der Waals surface area contributed by atoms with E-state index in [2.05, 4.69) is 0 Å². The number of nitrogens with zero attached hydrogens (tertiary/aromatic N) is 1. The van der Waals surface area contributed by atoms with Crippen LogP contribution < -0.4 is 5.73 Å². The molecule has 1 aliphatic carbocycles. The van der Waals surface area contributed by atoms with Crippen molar-refractivity contribution in [2.75, 3.05) is 24.6 Å². The second-order valence-corrected chi connectivity index (χ2v) is 8.91. The van der Waals surface area contributed by atoms with Gasteiger partial charge in [-0.25, -0.2) is 8.42 Å². The van der Waals surface area contributed by atoms with Crippen molar-refractivity contribution in [3.05, 3.63) is 0 Å². The van der Waals surface area contributed by atoms with Crippen LogP contribution >= 0.6 is 12.4 Å². The first-order valence-electron chi connectivity index (χ1n) is 8.11. The first kappa shape index (κ1) is 19.7. The average Bonchev–Trinajstić information content (AvgIpc) is 2.80. The van der Waals surface area contributed by atoms with Crippen molar-refractivity contribution in [2.24, 2.45) is 11.1 Å². The summed E-state index contributed by atoms with van der Waals surface area (Å²) in [6.07, 6.45) is 6.63. The molecule has 0 radical (unpaired) electrons. The van der Waals surface area contributed by atoms with E-state index >= 15 is 0 Å². The van der Waals surface area contributed by atoms with Gasteiger partial charge in [0.15, 0.2) is 9.84 Å². The molecule has 1 unspecified atom stereocenters. The molecular formula is C15H29ClN2O3S. The lowest BCUT2D eigenvalue weighted by Crippen LogP contribution is -2.45. The second kappa shape index (κ2) is 7.97. The van der Waals surface area contributed by atoms with E-state index < -0.39 is 9.84 Å². The summed E-state index contributed by atoms with van der Waals surface area (Å²) in [6.45, 7) is 3.07. The Bertz CT molecular complexity index is 475. The van der Waals surface area contributed by atoms with E-state index in [1.807, 2.05) is 6.92 Å². The highest BCUT2D eigenvalue weighted by atomic mass is 35.5. The fourth-order valence-corrected chi connectivity index (χ4v) is 5.57. The fraction of sp³-hybridized carbons (Fsp3) is 0.933. The number of hydrogen-bond donors (Lipinski definition) is 1. The zero-order chi connectivity index (χ0) is 15.5. The average molecular weight is 353 g/mol. The molecule has 7 heteroatoms. The zero-order valence-electron chi connectivity index (χ0n) is 13.4. The van der Waals surface area contributed by atoms with Gasteiger partial charge in [0.05, 0.1) is 11.5 Å². The van der Waals surface area contributed by atoms with Gasteiger partial charge in [-0.1, -0.05) is 19.3 Å². The number of halogens is 1. The minimum Gasteiger partial charge on any atom is -0.339 e. The van der Waals surface area contributed by atoms with Crippen LogP contribution in [0.2, 0.25) is 0 Å². The molecule has 0 aromatic heterocycles. The predicted molar refractivity (Wildman–Crippen MR) is 90.9 cm³/mol. The Labute approximate surface area is 140 Å². The summed E-state index contributed by atoms with van der Waals surface area (Å²) in [4.78, 5) is 14.5. The van der Waals surface area contributed by atoms with Gasteiger partial charge in [0.25, 0.3) is 0 Å². The van der Waals surface area contributed by atoms with Crippen LogP contribution in [0.25, 0.3) is 0 Å². The minimum absolute atomic E-state index is 0. The minimum atomic E-state index is -2.96. The van der Waals surface area contributed by atoms with Crippen molar-refractivity contribution in [3.8, 4) is 0 Å². The molecule has 2 aliphatic rings. The standard InChI is InChI=1S/C15H28N2O3S.ClH/c1-2-17(13-6-9-21(19,20)11-13)14(18)10-15(12-16)7-4-3-5-8-15;/h13H,2-12,16H2,1H3;1H. The first-order chi connectivity index (χ1) is 9.91. The third-order valence-corrected chi connectivity index (χ3v) is 6.93. The van der Waals surface area contributed by atoms with E-state index in [-0.39, 0.29) is 41.3 Å². The molecule has 0 aromatic rings. The highest BCUT2D eigenvalue weighted by Crippen LogP contribution is 2.39. The van der Waals surface area contributed by atoms with Gasteiger partial charge in [-0.05, 0) is 38.1 Å². The van der Waals surface area contributed by atoms with Crippen LogP contribution in [0, 0.1) is 5.41 Å². The van der Waals surface area contributed by atoms with Gasteiger partial charge in [0.2, 0.25) is 5.91 Å². The Morgan fingerprint density at radius 3 is 2.36 bits per heavy atom. The molecule has 0 spiro atoms. The highest BCUT2D eigenvalue weighted by molar-refractivity contribution is 7.91. The van der Waals surface area contributed by atoms with Gasteiger partial charge < -0.3 is 10.6 Å². The molecule has 1 saturated heterocycles. The summed E-state index contributed by atoms with van der Waals surface area (Å²) >= 11 is 0. The van der Waals surface area contributed by atoms with Crippen molar-refractivity contribution in [1.29, 1.82) is 0 Å². The molecule has 1 heterocycles. The molecule has 0 aromatic carbocycles. The van der Waals surface area contributed by atoms with Crippen molar-refractivity contribution < 1.29 is 13.2 Å². The van der Waals surface area contributed by atoms with Crippen LogP contribution in [-0.4, -0.2) is 49.9 Å².